The molecule has 7 nitrogen and oxygen atoms in total. The quantitative estimate of drug-likeness (QED) is 0.466. The largest absolute Gasteiger partial charge is 0.502 e. The van der Waals surface area contributed by atoms with Gasteiger partial charge in [0.25, 0.3) is 0 Å². The third-order valence-corrected chi connectivity index (χ3v) is 4.95. The number of hydrogen-bond donors (Lipinski definition) is 2. The van der Waals surface area contributed by atoms with E-state index in [1.54, 1.807) is 0 Å². The number of nitro groups is 1. The number of hydrazone groups is 1. The van der Waals surface area contributed by atoms with E-state index in [0.717, 1.165) is 12.0 Å². The fourth-order valence-corrected chi connectivity index (χ4v) is 3.13. The van der Waals surface area contributed by atoms with Crippen LogP contribution >= 0.6 is 0 Å². The summed E-state index contributed by atoms with van der Waals surface area (Å²) in [6, 6.07) is 12.5. The summed E-state index contributed by atoms with van der Waals surface area (Å²) in [4.78, 5) is 22.4. The average molecular weight is 381 g/mol. The number of rotatable bonds is 5. The van der Waals surface area contributed by atoms with E-state index in [4.69, 9.17) is 0 Å². The van der Waals surface area contributed by atoms with E-state index < -0.39 is 16.4 Å². The maximum Gasteiger partial charge on any atom is 0.311 e. The first-order valence-electron chi connectivity index (χ1n) is 9.08. The van der Waals surface area contributed by atoms with Crippen LogP contribution in [-0.2, 0) is 10.2 Å². The van der Waals surface area contributed by atoms with Crippen LogP contribution in [0.25, 0.3) is 0 Å². The highest BCUT2D eigenvalue weighted by Crippen LogP contribution is 2.47. The van der Waals surface area contributed by atoms with Crippen LogP contribution in [-0.4, -0.2) is 22.2 Å². The summed E-state index contributed by atoms with van der Waals surface area (Å²) in [6.07, 6.45) is 1.97. The van der Waals surface area contributed by atoms with Crippen molar-refractivity contribution in [3.05, 3.63) is 69.3 Å². The maximum absolute atomic E-state index is 12.3. The van der Waals surface area contributed by atoms with Crippen LogP contribution in [0.15, 0.2) is 47.6 Å². The zero-order chi connectivity index (χ0) is 20.5. The van der Waals surface area contributed by atoms with Gasteiger partial charge in [0.1, 0.15) is 0 Å². The van der Waals surface area contributed by atoms with Crippen molar-refractivity contribution in [3.63, 3.8) is 0 Å². The molecule has 0 heterocycles. The lowest BCUT2D eigenvalue weighted by Crippen LogP contribution is -2.20. The number of nitrogens with one attached hydrogen (secondary N) is 1. The van der Waals surface area contributed by atoms with Crippen molar-refractivity contribution in [1.82, 2.24) is 5.43 Å². The molecule has 0 aliphatic heterocycles. The lowest BCUT2D eigenvalue weighted by molar-refractivity contribution is -0.385. The number of amides is 1. The molecule has 1 saturated carbocycles. The fourth-order valence-electron chi connectivity index (χ4n) is 3.13. The molecule has 146 valence electrons. The summed E-state index contributed by atoms with van der Waals surface area (Å²) < 4.78 is 0. The predicted molar refractivity (Wildman–Crippen MR) is 106 cm³/mol. The third-order valence-electron chi connectivity index (χ3n) is 4.95. The van der Waals surface area contributed by atoms with Crippen molar-refractivity contribution >= 4 is 17.8 Å². The highest BCUT2D eigenvalue weighted by molar-refractivity contribution is 5.88. The van der Waals surface area contributed by atoms with E-state index in [2.05, 4.69) is 55.6 Å². The van der Waals surface area contributed by atoms with E-state index >= 15 is 0 Å². The van der Waals surface area contributed by atoms with Crippen molar-refractivity contribution in [2.45, 2.75) is 38.5 Å². The molecule has 1 amide bonds. The average Bonchev–Trinajstić information content (AvgIpc) is 3.43. The Labute approximate surface area is 163 Å². The zero-order valence-corrected chi connectivity index (χ0v) is 16.0. The second-order valence-electron chi connectivity index (χ2n) is 8.03. The van der Waals surface area contributed by atoms with E-state index in [9.17, 15) is 20.0 Å². The second-order valence-corrected chi connectivity index (χ2v) is 8.03. The summed E-state index contributed by atoms with van der Waals surface area (Å²) in [5, 5.41) is 24.5. The summed E-state index contributed by atoms with van der Waals surface area (Å²) in [5.74, 6) is -0.647. The molecular formula is C21H23N3O4. The maximum atomic E-state index is 12.3. The minimum atomic E-state index is -0.676. The Morgan fingerprint density at radius 2 is 1.93 bits per heavy atom. The molecule has 0 radical (unpaired) electrons. The molecule has 0 bridgehead atoms. The van der Waals surface area contributed by atoms with Gasteiger partial charge in [0.05, 0.1) is 11.1 Å². The van der Waals surface area contributed by atoms with Gasteiger partial charge in [-0.15, -0.1) is 0 Å². The summed E-state index contributed by atoms with van der Waals surface area (Å²) >= 11 is 0. The number of carbonyl (C=O) groups is 1. The Morgan fingerprint density at radius 1 is 1.25 bits per heavy atom. The molecule has 0 aromatic heterocycles. The smallest absolute Gasteiger partial charge is 0.311 e. The Hall–Kier alpha value is -3.22. The van der Waals surface area contributed by atoms with Crippen LogP contribution in [0.1, 0.15) is 49.8 Å². The first-order chi connectivity index (χ1) is 13.2. The lowest BCUT2D eigenvalue weighted by Gasteiger charge is -2.19. The number of hydrogen-bond acceptors (Lipinski definition) is 5. The first kappa shape index (κ1) is 19.5. The number of benzene rings is 2. The number of nitrogens with zero attached hydrogens (tertiary/aromatic N) is 2. The minimum absolute atomic E-state index is 0.0889. The number of carbonyl (C=O) groups excluding carboxylic acids is 1. The van der Waals surface area contributed by atoms with Gasteiger partial charge in [-0.1, -0.05) is 51.1 Å². The van der Waals surface area contributed by atoms with Crippen LogP contribution in [0.2, 0.25) is 0 Å². The minimum Gasteiger partial charge on any atom is -0.502 e. The lowest BCUT2D eigenvalue weighted by atomic mass is 9.86. The van der Waals surface area contributed by atoms with Gasteiger partial charge in [0.15, 0.2) is 0 Å². The number of phenolic OH excluding ortho intramolecular Hbond substituents is 1. The summed E-state index contributed by atoms with van der Waals surface area (Å²) in [7, 11) is 0. The molecule has 1 fully saturated rings. The normalized spacial score (nSPS) is 18.8. The van der Waals surface area contributed by atoms with E-state index in [1.165, 1.54) is 30.0 Å². The van der Waals surface area contributed by atoms with Crippen LogP contribution in [0, 0.1) is 16.0 Å². The molecule has 1 aliphatic rings. The topological polar surface area (TPSA) is 105 Å². The molecule has 0 saturated heterocycles. The van der Waals surface area contributed by atoms with Crippen LogP contribution < -0.4 is 5.43 Å². The molecule has 3 rings (SSSR count). The van der Waals surface area contributed by atoms with Gasteiger partial charge in [0.2, 0.25) is 11.7 Å². The van der Waals surface area contributed by atoms with Crippen LogP contribution in [0.4, 0.5) is 5.69 Å². The number of nitro benzene ring substituents is 1. The number of phenols is 1. The van der Waals surface area contributed by atoms with Gasteiger partial charge in [-0.05, 0) is 34.9 Å². The van der Waals surface area contributed by atoms with E-state index in [0.29, 0.717) is 0 Å². The standard InChI is InChI=1S/C21H23N3O4/c1-21(2,3)15-9-7-13(8-10-15)16-11-17(16)20(26)23-22-12-14-5-4-6-18(19(14)25)24(27)28/h4-10,12,16-17,25H,11H2,1-3H3,(H,23,26)/b22-12+. The van der Waals surface area contributed by atoms with E-state index in [1.807, 2.05) is 0 Å². The van der Waals surface area contributed by atoms with E-state index in [-0.39, 0.29) is 28.7 Å². The van der Waals surface area contributed by atoms with Crippen molar-refractivity contribution in [1.29, 1.82) is 0 Å². The molecule has 2 aromatic carbocycles. The Kier molecular flexibility index (Phi) is 5.18. The highest BCUT2D eigenvalue weighted by Gasteiger charge is 2.44. The molecule has 1 aliphatic carbocycles. The number of aromatic hydroxyl groups is 1. The molecule has 2 atom stereocenters. The molecular weight excluding hydrogens is 358 g/mol. The molecule has 2 unspecified atom stereocenters. The molecule has 28 heavy (non-hydrogen) atoms. The summed E-state index contributed by atoms with van der Waals surface area (Å²) in [5.41, 5.74) is 4.69. The van der Waals surface area contributed by atoms with Crippen LogP contribution in [0.5, 0.6) is 5.75 Å². The Morgan fingerprint density at radius 3 is 2.54 bits per heavy atom. The van der Waals surface area contributed by atoms with Gasteiger partial charge >= 0.3 is 5.69 Å². The van der Waals surface area contributed by atoms with Crippen molar-refractivity contribution in [3.8, 4) is 5.75 Å². The highest BCUT2D eigenvalue weighted by atomic mass is 16.6. The molecule has 0 spiro atoms. The van der Waals surface area contributed by atoms with Crippen molar-refractivity contribution < 1.29 is 14.8 Å². The van der Waals surface area contributed by atoms with Crippen molar-refractivity contribution in [2.75, 3.05) is 0 Å². The number of para-hydroxylation sites is 1. The van der Waals surface area contributed by atoms with Gasteiger partial charge in [0, 0.05) is 17.5 Å². The van der Waals surface area contributed by atoms with Gasteiger partial charge < -0.3 is 5.11 Å². The molecule has 2 aromatic rings. The predicted octanol–water partition coefficient (Wildman–Crippen LogP) is 3.85. The molecule has 2 N–H and O–H groups in total. The SMILES string of the molecule is CC(C)(C)c1ccc(C2CC2C(=O)N/N=C/c2cccc([N+](=O)[O-])c2O)cc1. The van der Waals surface area contributed by atoms with Gasteiger partial charge in [-0.2, -0.15) is 5.10 Å². The zero-order valence-electron chi connectivity index (χ0n) is 16.0. The fraction of sp³-hybridized carbons (Fsp3) is 0.333. The van der Waals surface area contributed by atoms with Crippen LogP contribution in [0.3, 0.4) is 0 Å². The second kappa shape index (κ2) is 7.42. The Balaban J connectivity index is 1.59. The third kappa shape index (κ3) is 4.19. The van der Waals surface area contributed by atoms with Gasteiger partial charge in [-0.25, -0.2) is 5.43 Å². The van der Waals surface area contributed by atoms with Crippen molar-refractivity contribution in [2.24, 2.45) is 11.0 Å². The summed E-state index contributed by atoms with van der Waals surface area (Å²) in [6.45, 7) is 6.48. The monoisotopic (exact) mass is 381 g/mol. The van der Waals surface area contributed by atoms with Gasteiger partial charge in [-0.3, -0.25) is 14.9 Å². The Bertz CT molecular complexity index is 930. The first-order valence-corrected chi connectivity index (χ1v) is 9.08. The molecule has 7 heteroatoms.